The molecule has 6 rings (SSSR count). The summed E-state index contributed by atoms with van der Waals surface area (Å²) in [6.07, 6.45) is 7.55. The second kappa shape index (κ2) is 10.7. The molecule has 0 amide bonds. The summed E-state index contributed by atoms with van der Waals surface area (Å²) in [5, 5.41) is 23.7. The summed E-state index contributed by atoms with van der Waals surface area (Å²) in [5.74, 6) is 2.15. The molecular weight excluding hydrogens is 474 g/mol. The highest BCUT2D eigenvalue weighted by Gasteiger charge is 2.36. The van der Waals surface area contributed by atoms with E-state index in [0.717, 1.165) is 94.0 Å². The van der Waals surface area contributed by atoms with Gasteiger partial charge in [0.15, 0.2) is 11.5 Å². The topological polar surface area (TPSA) is 104 Å². The van der Waals surface area contributed by atoms with E-state index < -0.39 is 6.10 Å². The van der Waals surface area contributed by atoms with E-state index in [9.17, 15) is 15.1 Å². The van der Waals surface area contributed by atoms with Crippen LogP contribution in [0.4, 0.5) is 0 Å². The number of fused-ring (bicyclic) bond motifs is 3. The number of ether oxygens (including phenoxy) is 3. The Kier molecular flexibility index (Phi) is 7.20. The first-order chi connectivity index (χ1) is 18.0. The predicted octanol–water partition coefficient (Wildman–Crippen LogP) is 2.56. The lowest BCUT2D eigenvalue weighted by atomic mass is 9.82. The number of nitroso groups, excluding NO2 is 1. The first-order valence-electron chi connectivity index (χ1n) is 13.7. The molecule has 4 heterocycles. The van der Waals surface area contributed by atoms with Gasteiger partial charge in [-0.15, -0.1) is 0 Å². The van der Waals surface area contributed by atoms with Crippen molar-refractivity contribution in [1.29, 1.82) is 0 Å². The number of allylic oxidation sites excluding steroid dienone is 2. The largest absolute Gasteiger partial charge is 0.492 e. The van der Waals surface area contributed by atoms with Crippen LogP contribution in [0.5, 0.6) is 11.5 Å². The molecule has 9 nitrogen and oxygen atoms in total. The second-order valence-electron chi connectivity index (χ2n) is 11.1. The molecule has 2 bridgehead atoms. The number of likely N-dealkylation sites (tertiary alicyclic amines) is 2. The van der Waals surface area contributed by atoms with Crippen molar-refractivity contribution < 1.29 is 24.4 Å². The summed E-state index contributed by atoms with van der Waals surface area (Å²) in [4.78, 5) is 15.3. The Labute approximate surface area is 217 Å². The first-order valence-corrected chi connectivity index (χ1v) is 13.7. The molecule has 3 saturated heterocycles. The quantitative estimate of drug-likeness (QED) is 0.514. The Morgan fingerprint density at radius 3 is 2.54 bits per heavy atom. The molecule has 1 aromatic rings. The third-order valence-corrected chi connectivity index (χ3v) is 8.40. The minimum atomic E-state index is -0.602. The molecule has 9 heteroatoms. The van der Waals surface area contributed by atoms with Crippen molar-refractivity contribution in [3.05, 3.63) is 46.6 Å². The first kappa shape index (κ1) is 24.9. The van der Waals surface area contributed by atoms with Gasteiger partial charge in [-0.2, -0.15) is 4.91 Å². The average Bonchev–Trinajstić information content (AvgIpc) is 3.54. The summed E-state index contributed by atoms with van der Waals surface area (Å²) in [7, 11) is 0. The van der Waals surface area contributed by atoms with Gasteiger partial charge in [-0.25, -0.2) is 0 Å². The Hall–Kier alpha value is -2.46. The molecule has 3 fully saturated rings. The fourth-order valence-corrected chi connectivity index (χ4v) is 6.23. The van der Waals surface area contributed by atoms with Crippen molar-refractivity contribution in [2.75, 3.05) is 45.9 Å². The molecule has 2 N–H and O–H groups in total. The minimum Gasteiger partial charge on any atom is -0.492 e. The van der Waals surface area contributed by atoms with Crippen LogP contribution >= 0.6 is 0 Å². The van der Waals surface area contributed by atoms with Gasteiger partial charge in [0.25, 0.3) is 0 Å². The molecule has 5 aliphatic rings. The number of aliphatic hydroxyl groups is 2. The summed E-state index contributed by atoms with van der Waals surface area (Å²) in [6.45, 7) is 5.61. The van der Waals surface area contributed by atoms with Crippen molar-refractivity contribution in [1.82, 2.24) is 9.80 Å². The number of β-amino-alcohol motifs (C(OH)–C–C–N with tert-alkyl or cyclic N) is 1. The molecule has 0 saturated carbocycles. The molecule has 0 spiro atoms. The zero-order valence-electron chi connectivity index (χ0n) is 21.2. The van der Waals surface area contributed by atoms with Crippen LogP contribution in [0.15, 0.2) is 41.3 Å². The Morgan fingerprint density at radius 1 is 0.973 bits per heavy atom. The fraction of sp³-hybridized carbons (Fsp3) is 0.643. The molecule has 1 aromatic carbocycles. The van der Waals surface area contributed by atoms with Crippen LogP contribution in [-0.2, 0) is 4.74 Å². The number of nitrogens with zero attached hydrogens (tertiary/aromatic N) is 3. The monoisotopic (exact) mass is 511 g/mol. The van der Waals surface area contributed by atoms with Crippen LogP contribution in [0.25, 0.3) is 5.57 Å². The fourth-order valence-electron chi connectivity index (χ4n) is 6.23. The predicted molar refractivity (Wildman–Crippen MR) is 138 cm³/mol. The standard InChI is InChI=1S/C28H37N3O6/c32-22-4-8-31(16-22)9-5-23-12-20-11-19(14-27(36-23)28(20)33)18-1-2-25-26(13-18)37-24(17-35-25)6-10-30-7-3-21(15-30)29-34/h1-2,11,13-14,20-24,28,32-33H,3-10,12,15-17H2. The average molecular weight is 512 g/mol. The SMILES string of the molecule is O=NC1CCN(CCC2COc3ccc(C4=CC5CC(CCN6CCC(O)C6)OC(=C4)C5O)cc3O2)C1. The van der Waals surface area contributed by atoms with E-state index in [0.29, 0.717) is 12.4 Å². The Bertz CT molecular complexity index is 1060. The molecule has 1 aliphatic carbocycles. The number of hydrogen-bond donors (Lipinski definition) is 2. The Morgan fingerprint density at radius 2 is 1.78 bits per heavy atom. The lowest BCUT2D eigenvalue weighted by Gasteiger charge is -2.38. The zero-order chi connectivity index (χ0) is 25.4. The van der Waals surface area contributed by atoms with Gasteiger partial charge < -0.3 is 34.2 Å². The number of aliphatic hydroxyl groups excluding tert-OH is 2. The van der Waals surface area contributed by atoms with Gasteiger partial charge in [0.05, 0.1) is 6.10 Å². The molecule has 6 unspecified atom stereocenters. The van der Waals surface area contributed by atoms with Crippen LogP contribution in [-0.4, -0.2) is 96.3 Å². The maximum atomic E-state index is 10.8. The van der Waals surface area contributed by atoms with Gasteiger partial charge in [0, 0.05) is 51.6 Å². The number of benzene rings is 1. The summed E-state index contributed by atoms with van der Waals surface area (Å²) >= 11 is 0. The summed E-state index contributed by atoms with van der Waals surface area (Å²) < 4.78 is 18.5. The second-order valence-corrected chi connectivity index (χ2v) is 11.1. The van der Waals surface area contributed by atoms with Crippen molar-refractivity contribution in [2.45, 2.75) is 62.6 Å². The van der Waals surface area contributed by atoms with Gasteiger partial charge in [0.2, 0.25) is 0 Å². The van der Waals surface area contributed by atoms with Gasteiger partial charge >= 0.3 is 0 Å². The Balaban J connectivity index is 1.07. The van der Waals surface area contributed by atoms with Crippen molar-refractivity contribution in [2.24, 2.45) is 11.1 Å². The van der Waals surface area contributed by atoms with Crippen LogP contribution in [0.2, 0.25) is 0 Å². The van der Waals surface area contributed by atoms with E-state index in [1.807, 2.05) is 24.3 Å². The third kappa shape index (κ3) is 5.55. The number of hydrogen-bond acceptors (Lipinski definition) is 9. The molecule has 37 heavy (non-hydrogen) atoms. The van der Waals surface area contributed by atoms with E-state index in [2.05, 4.69) is 21.1 Å². The normalized spacial score (nSPS) is 33.6. The molecule has 0 aromatic heterocycles. The summed E-state index contributed by atoms with van der Waals surface area (Å²) in [5.41, 5.74) is 2.05. The van der Waals surface area contributed by atoms with Crippen LogP contribution in [0, 0.1) is 10.8 Å². The minimum absolute atomic E-state index is 0.0176. The van der Waals surface area contributed by atoms with Crippen LogP contribution in [0.3, 0.4) is 0 Å². The molecule has 0 radical (unpaired) electrons. The summed E-state index contributed by atoms with van der Waals surface area (Å²) in [6, 6.07) is 5.93. The van der Waals surface area contributed by atoms with Gasteiger partial charge in [0.1, 0.15) is 36.7 Å². The van der Waals surface area contributed by atoms with Gasteiger partial charge in [-0.1, -0.05) is 17.3 Å². The van der Waals surface area contributed by atoms with Crippen molar-refractivity contribution in [3.63, 3.8) is 0 Å². The molecular formula is C28H37N3O6. The van der Waals surface area contributed by atoms with Crippen molar-refractivity contribution in [3.8, 4) is 11.5 Å². The van der Waals surface area contributed by atoms with Crippen LogP contribution < -0.4 is 9.47 Å². The van der Waals surface area contributed by atoms with E-state index in [-0.39, 0.29) is 30.3 Å². The molecule has 4 aliphatic heterocycles. The lowest BCUT2D eigenvalue weighted by molar-refractivity contribution is -0.0289. The van der Waals surface area contributed by atoms with Gasteiger partial charge in [-0.3, -0.25) is 0 Å². The lowest BCUT2D eigenvalue weighted by Crippen LogP contribution is -2.38. The van der Waals surface area contributed by atoms with E-state index >= 15 is 0 Å². The van der Waals surface area contributed by atoms with Crippen LogP contribution in [0.1, 0.15) is 37.7 Å². The maximum absolute atomic E-state index is 10.8. The smallest absolute Gasteiger partial charge is 0.162 e. The zero-order valence-corrected chi connectivity index (χ0v) is 21.2. The van der Waals surface area contributed by atoms with E-state index in [1.54, 1.807) is 0 Å². The van der Waals surface area contributed by atoms with Gasteiger partial charge in [-0.05, 0) is 55.0 Å². The highest BCUT2D eigenvalue weighted by Crippen LogP contribution is 2.41. The molecule has 200 valence electrons. The highest BCUT2D eigenvalue weighted by atomic mass is 16.6. The number of rotatable bonds is 8. The third-order valence-electron chi connectivity index (χ3n) is 8.40. The van der Waals surface area contributed by atoms with E-state index in [1.165, 1.54) is 0 Å². The van der Waals surface area contributed by atoms with Crippen molar-refractivity contribution >= 4 is 5.57 Å². The molecule has 6 atom stereocenters. The maximum Gasteiger partial charge on any atom is 0.162 e. The highest BCUT2D eigenvalue weighted by molar-refractivity contribution is 5.77. The van der Waals surface area contributed by atoms with E-state index in [4.69, 9.17) is 14.2 Å².